The Morgan fingerprint density at radius 2 is 0.759 bits per heavy atom. The zero-order valence-corrected chi connectivity index (χ0v) is 53.2. The van der Waals surface area contributed by atoms with Gasteiger partial charge in [0.25, 0.3) is 0 Å². The molecule has 14 nitrogen and oxygen atoms in total. The second kappa shape index (κ2) is 54.6. The molecule has 83 heavy (non-hydrogen) atoms. The smallest absolute Gasteiger partial charge is 0.220 e. The van der Waals surface area contributed by atoms with Crippen LogP contribution in [0.3, 0.4) is 0 Å². The summed E-state index contributed by atoms with van der Waals surface area (Å²) >= 11 is 0. The van der Waals surface area contributed by atoms with Crippen LogP contribution in [0.25, 0.3) is 0 Å². The van der Waals surface area contributed by atoms with E-state index in [-0.39, 0.29) is 18.9 Å². The third-order valence-electron chi connectivity index (χ3n) is 17.4. The Labute approximate surface area is 507 Å². The number of carbonyl (C=O) groups excluding carboxylic acids is 1. The van der Waals surface area contributed by atoms with E-state index in [1.165, 1.54) is 250 Å². The first-order valence-electron chi connectivity index (χ1n) is 35.1. The van der Waals surface area contributed by atoms with E-state index < -0.39 is 86.8 Å². The van der Waals surface area contributed by atoms with Crippen LogP contribution in [-0.4, -0.2) is 140 Å². The molecule has 9 N–H and O–H groups in total. The lowest BCUT2D eigenvalue weighted by molar-refractivity contribution is -0.359. The van der Waals surface area contributed by atoms with E-state index in [2.05, 4.69) is 31.3 Å². The maximum Gasteiger partial charge on any atom is 0.220 e. The van der Waals surface area contributed by atoms with Crippen LogP contribution in [0.2, 0.25) is 0 Å². The summed E-state index contributed by atoms with van der Waals surface area (Å²) in [5.41, 5.74) is 0. The van der Waals surface area contributed by atoms with Crippen molar-refractivity contribution in [1.82, 2.24) is 5.32 Å². The summed E-state index contributed by atoms with van der Waals surface area (Å²) < 4.78 is 22.9. The van der Waals surface area contributed by atoms with Crippen LogP contribution in [0.15, 0.2) is 24.3 Å². The van der Waals surface area contributed by atoms with Gasteiger partial charge in [-0.05, 0) is 44.9 Å². The van der Waals surface area contributed by atoms with E-state index in [0.717, 1.165) is 38.5 Å². The molecule has 2 saturated heterocycles. The number of carbonyl (C=O) groups is 1. The molecule has 12 unspecified atom stereocenters. The highest BCUT2D eigenvalue weighted by molar-refractivity contribution is 5.76. The predicted octanol–water partition coefficient (Wildman–Crippen LogP) is 14.0. The predicted molar refractivity (Wildman–Crippen MR) is 337 cm³/mol. The Kier molecular flexibility index (Phi) is 51.0. The molecule has 2 fully saturated rings. The van der Waals surface area contributed by atoms with Crippen LogP contribution < -0.4 is 5.32 Å². The van der Waals surface area contributed by atoms with E-state index in [9.17, 15) is 45.6 Å². The maximum atomic E-state index is 13.3. The van der Waals surface area contributed by atoms with Gasteiger partial charge >= 0.3 is 0 Å². The molecular weight excluding hydrogens is 1050 g/mol. The molecule has 12 atom stereocenters. The lowest BCUT2D eigenvalue weighted by atomic mass is 9.97. The molecule has 0 spiro atoms. The molecule has 0 saturated carbocycles. The molecule has 2 aliphatic heterocycles. The fraction of sp³-hybridized carbons (Fsp3) is 0.928. The third-order valence-corrected chi connectivity index (χ3v) is 17.4. The Morgan fingerprint density at radius 3 is 1.14 bits per heavy atom. The number of unbranched alkanes of at least 4 members (excludes halogenated alkanes) is 43. The number of aliphatic hydroxyl groups is 8. The normalized spacial score (nSPS) is 23.9. The first-order chi connectivity index (χ1) is 40.6. The number of hydrogen-bond acceptors (Lipinski definition) is 13. The standard InChI is InChI=1S/C69H131NO13/c1-3-5-7-9-11-13-15-17-19-21-23-25-27-28-29-30-31-33-35-37-39-41-43-45-47-49-51-53-61(74)70-57(56-80-68-66(79)64(77)67(60(55-72)82-68)83-69-65(78)63(76)62(75)59(54-71)81-69)58(73)52-50-48-46-44-42-40-38-36-34-32-26-24-22-20-18-16-14-12-10-8-6-4-2/h21,23,50,52,57-60,62-69,71-73,75-79H,3-20,22,24-49,51,53-56H2,1-2H3,(H,70,74)/b23-21-,52-50+. The Hall–Kier alpha value is -1.53. The van der Waals surface area contributed by atoms with Crippen molar-refractivity contribution in [2.24, 2.45) is 0 Å². The van der Waals surface area contributed by atoms with Crippen LogP contribution in [-0.2, 0) is 23.7 Å². The summed E-state index contributed by atoms with van der Waals surface area (Å²) in [7, 11) is 0. The molecule has 0 radical (unpaired) electrons. The first kappa shape index (κ1) is 77.6. The lowest BCUT2D eigenvalue weighted by Crippen LogP contribution is -2.65. The summed E-state index contributed by atoms with van der Waals surface area (Å²) in [5, 5.41) is 87.4. The number of allylic oxidation sites excluding steroid dienone is 3. The van der Waals surface area contributed by atoms with E-state index in [0.29, 0.717) is 6.42 Å². The number of hydrogen-bond donors (Lipinski definition) is 9. The number of amides is 1. The zero-order chi connectivity index (χ0) is 60.2. The van der Waals surface area contributed by atoms with Gasteiger partial charge in [-0.3, -0.25) is 4.79 Å². The average Bonchev–Trinajstić information content (AvgIpc) is 3.65. The summed E-state index contributed by atoms with van der Waals surface area (Å²) in [5.74, 6) is -0.233. The van der Waals surface area contributed by atoms with Gasteiger partial charge in [0.1, 0.15) is 48.8 Å². The van der Waals surface area contributed by atoms with Crippen molar-refractivity contribution in [3.8, 4) is 0 Å². The molecule has 0 aromatic carbocycles. The van der Waals surface area contributed by atoms with Gasteiger partial charge in [-0.2, -0.15) is 0 Å². The zero-order valence-electron chi connectivity index (χ0n) is 53.2. The Balaban J connectivity index is 1.68. The van der Waals surface area contributed by atoms with Crippen molar-refractivity contribution < 1.29 is 64.6 Å². The molecule has 2 rings (SSSR count). The Bertz CT molecular complexity index is 1490. The van der Waals surface area contributed by atoms with E-state index in [1.54, 1.807) is 6.08 Å². The Morgan fingerprint density at radius 1 is 0.422 bits per heavy atom. The topological polar surface area (TPSA) is 228 Å². The molecule has 0 aromatic heterocycles. The van der Waals surface area contributed by atoms with Gasteiger partial charge in [0, 0.05) is 6.42 Å². The van der Waals surface area contributed by atoms with E-state index in [4.69, 9.17) is 18.9 Å². The summed E-state index contributed by atoms with van der Waals surface area (Å²) in [4.78, 5) is 13.3. The van der Waals surface area contributed by atoms with Crippen molar-refractivity contribution in [3.63, 3.8) is 0 Å². The monoisotopic (exact) mass is 1180 g/mol. The van der Waals surface area contributed by atoms with Crippen molar-refractivity contribution in [1.29, 1.82) is 0 Å². The van der Waals surface area contributed by atoms with E-state index in [1.807, 2.05) is 6.08 Å². The van der Waals surface area contributed by atoms with Crippen LogP contribution in [0.1, 0.15) is 316 Å². The van der Waals surface area contributed by atoms with Crippen molar-refractivity contribution in [2.45, 2.75) is 389 Å². The number of nitrogens with one attached hydrogen (secondary N) is 1. The van der Waals surface area contributed by atoms with Gasteiger partial charge in [0.15, 0.2) is 12.6 Å². The molecule has 2 aliphatic rings. The van der Waals surface area contributed by atoms with Gasteiger partial charge in [-0.1, -0.05) is 289 Å². The molecular formula is C69H131NO13. The van der Waals surface area contributed by atoms with Crippen LogP contribution in [0, 0.1) is 0 Å². The number of rotatable bonds is 58. The molecule has 14 heteroatoms. The number of ether oxygens (including phenoxy) is 4. The van der Waals surface area contributed by atoms with Gasteiger partial charge in [-0.15, -0.1) is 0 Å². The summed E-state index contributed by atoms with van der Waals surface area (Å²) in [6.45, 7) is 2.85. The molecule has 0 bridgehead atoms. The quantitative estimate of drug-likeness (QED) is 0.0204. The average molecular weight is 1180 g/mol. The van der Waals surface area contributed by atoms with Crippen molar-refractivity contribution >= 4 is 5.91 Å². The lowest BCUT2D eigenvalue weighted by Gasteiger charge is -2.46. The van der Waals surface area contributed by atoms with Crippen LogP contribution in [0.5, 0.6) is 0 Å². The highest BCUT2D eigenvalue weighted by atomic mass is 16.7. The van der Waals surface area contributed by atoms with Gasteiger partial charge in [0.2, 0.25) is 5.91 Å². The van der Waals surface area contributed by atoms with Crippen LogP contribution in [0.4, 0.5) is 0 Å². The molecule has 2 heterocycles. The fourth-order valence-electron chi connectivity index (χ4n) is 11.8. The summed E-state index contributed by atoms with van der Waals surface area (Å²) in [6, 6.07) is -0.913. The minimum atomic E-state index is -1.79. The molecule has 1 amide bonds. The highest BCUT2D eigenvalue weighted by Crippen LogP contribution is 2.30. The van der Waals surface area contributed by atoms with Gasteiger partial charge < -0.3 is 65.1 Å². The molecule has 0 aromatic rings. The molecule has 490 valence electrons. The van der Waals surface area contributed by atoms with Gasteiger partial charge in [-0.25, -0.2) is 0 Å². The minimum Gasteiger partial charge on any atom is -0.394 e. The first-order valence-corrected chi connectivity index (χ1v) is 35.1. The largest absolute Gasteiger partial charge is 0.394 e. The second-order valence-electron chi connectivity index (χ2n) is 25.0. The summed E-state index contributed by atoms with van der Waals surface area (Å²) in [6.07, 6.45) is 50.8. The molecule has 0 aliphatic carbocycles. The van der Waals surface area contributed by atoms with Crippen molar-refractivity contribution in [2.75, 3.05) is 19.8 Å². The van der Waals surface area contributed by atoms with E-state index >= 15 is 0 Å². The van der Waals surface area contributed by atoms with Gasteiger partial charge in [0.05, 0.1) is 32.0 Å². The highest BCUT2D eigenvalue weighted by Gasteiger charge is 2.51. The SMILES string of the molecule is CCCCCCCCCC/C=C\CCCCCCCCCCCCCCCCCC(=O)NC(COC1OC(CO)C(OC2OC(CO)C(O)C(O)C2O)C(O)C1O)C(O)/C=C/CCCCCCCCCCCCCCCCCCCCCC. The number of aliphatic hydroxyl groups excluding tert-OH is 8. The third kappa shape index (κ3) is 39.2. The van der Waals surface area contributed by atoms with Crippen LogP contribution >= 0.6 is 0 Å². The van der Waals surface area contributed by atoms with Crippen molar-refractivity contribution in [3.05, 3.63) is 24.3 Å². The fourth-order valence-corrected chi connectivity index (χ4v) is 11.8. The second-order valence-corrected chi connectivity index (χ2v) is 25.0. The maximum absolute atomic E-state index is 13.3. The minimum absolute atomic E-state index is 0.233.